The lowest BCUT2D eigenvalue weighted by Gasteiger charge is -2.17. The summed E-state index contributed by atoms with van der Waals surface area (Å²) < 4.78 is 13.9. The molecule has 1 rings (SSSR count). The van der Waals surface area contributed by atoms with E-state index >= 15 is 0 Å². The van der Waals surface area contributed by atoms with Crippen LogP contribution in [0.25, 0.3) is 0 Å². The molecule has 0 atom stereocenters. The Balaban J connectivity index is 2.78. The van der Waals surface area contributed by atoms with Crippen LogP contribution in [0.2, 0.25) is 0 Å². The fraction of sp³-hybridized carbons (Fsp3) is 0.364. The van der Waals surface area contributed by atoms with E-state index in [4.69, 9.17) is 5.26 Å². The van der Waals surface area contributed by atoms with Gasteiger partial charge >= 0.3 is 0 Å². The van der Waals surface area contributed by atoms with E-state index in [1.54, 1.807) is 6.07 Å². The van der Waals surface area contributed by atoms with Crippen LogP contribution in [-0.4, -0.2) is 18.0 Å². The number of benzene rings is 1. The third-order valence-electron chi connectivity index (χ3n) is 2.14. The van der Waals surface area contributed by atoms with Crippen LogP contribution < -0.4 is 0 Å². The maximum Gasteiger partial charge on any atom is 0.123 e. The number of nitrogens with zero attached hydrogens (tertiary/aromatic N) is 2. The van der Waals surface area contributed by atoms with Crippen molar-refractivity contribution in [2.24, 2.45) is 0 Å². The first-order valence-electron chi connectivity index (χ1n) is 4.70. The molecule has 15 heavy (non-hydrogen) atoms. The molecule has 4 heteroatoms. The van der Waals surface area contributed by atoms with Gasteiger partial charge in [-0.1, -0.05) is 22.9 Å². The van der Waals surface area contributed by atoms with Crippen molar-refractivity contribution >= 4 is 15.9 Å². The predicted octanol–water partition coefficient (Wildman–Crippen LogP) is 2.93. The molecule has 0 amide bonds. The monoisotopic (exact) mass is 270 g/mol. The minimum Gasteiger partial charge on any atom is -0.287 e. The van der Waals surface area contributed by atoms with Crippen molar-refractivity contribution < 1.29 is 4.39 Å². The first kappa shape index (κ1) is 12.2. The number of halogens is 2. The molecule has 0 saturated carbocycles. The molecule has 0 aliphatic carbocycles. The molecule has 0 heterocycles. The minimum absolute atomic E-state index is 0.249. The molecule has 0 N–H and O–H groups in total. The maximum atomic E-state index is 13.0. The molecule has 0 fully saturated rings. The Morgan fingerprint density at radius 1 is 1.53 bits per heavy atom. The standard InChI is InChI=1S/C11H12BrFN2/c1-2-15(6-5-14)8-9-7-10(13)3-4-11(9)12/h3-4,7H,2,6,8H2,1H3. The Morgan fingerprint density at radius 3 is 2.87 bits per heavy atom. The zero-order valence-corrected chi connectivity index (χ0v) is 10.1. The van der Waals surface area contributed by atoms with Crippen molar-refractivity contribution in [1.82, 2.24) is 4.90 Å². The summed E-state index contributed by atoms with van der Waals surface area (Å²) in [6.45, 7) is 3.70. The summed E-state index contributed by atoms with van der Waals surface area (Å²) in [4.78, 5) is 1.94. The number of nitriles is 1. The van der Waals surface area contributed by atoms with E-state index in [1.165, 1.54) is 12.1 Å². The normalized spacial score (nSPS) is 10.3. The van der Waals surface area contributed by atoms with Crippen LogP contribution in [0, 0.1) is 17.1 Å². The van der Waals surface area contributed by atoms with Gasteiger partial charge < -0.3 is 0 Å². The molecular formula is C11H12BrFN2. The van der Waals surface area contributed by atoms with E-state index in [0.717, 1.165) is 16.6 Å². The van der Waals surface area contributed by atoms with Crippen molar-refractivity contribution in [3.8, 4) is 6.07 Å². The van der Waals surface area contributed by atoms with Crippen LogP contribution >= 0.6 is 15.9 Å². The lowest BCUT2D eigenvalue weighted by atomic mass is 10.2. The molecule has 0 aliphatic rings. The lowest BCUT2D eigenvalue weighted by Crippen LogP contribution is -2.23. The van der Waals surface area contributed by atoms with E-state index in [1.807, 2.05) is 11.8 Å². The molecule has 0 radical (unpaired) electrons. The van der Waals surface area contributed by atoms with Crippen molar-refractivity contribution in [3.63, 3.8) is 0 Å². The van der Waals surface area contributed by atoms with Gasteiger partial charge in [-0.3, -0.25) is 4.90 Å². The molecule has 0 spiro atoms. The van der Waals surface area contributed by atoms with Crippen molar-refractivity contribution in [2.45, 2.75) is 13.5 Å². The molecular weight excluding hydrogens is 259 g/mol. The summed E-state index contributed by atoms with van der Waals surface area (Å²) in [6, 6.07) is 6.68. The molecule has 0 aromatic heterocycles. The molecule has 1 aromatic carbocycles. The Hall–Kier alpha value is -0.920. The van der Waals surface area contributed by atoms with Crippen molar-refractivity contribution in [1.29, 1.82) is 5.26 Å². The largest absolute Gasteiger partial charge is 0.287 e. The van der Waals surface area contributed by atoms with Crippen molar-refractivity contribution in [2.75, 3.05) is 13.1 Å². The molecule has 1 aromatic rings. The molecule has 0 aliphatic heterocycles. The van der Waals surface area contributed by atoms with Crippen LogP contribution in [0.5, 0.6) is 0 Å². The molecule has 0 bridgehead atoms. The fourth-order valence-corrected chi connectivity index (χ4v) is 1.66. The zero-order valence-electron chi connectivity index (χ0n) is 8.50. The number of hydrogen-bond acceptors (Lipinski definition) is 2. The van der Waals surface area contributed by atoms with Gasteiger partial charge in [-0.2, -0.15) is 5.26 Å². The van der Waals surface area contributed by atoms with Gasteiger partial charge in [0, 0.05) is 11.0 Å². The average molecular weight is 271 g/mol. The Morgan fingerprint density at radius 2 is 2.27 bits per heavy atom. The van der Waals surface area contributed by atoms with Crippen LogP contribution in [0.3, 0.4) is 0 Å². The van der Waals surface area contributed by atoms with Gasteiger partial charge in [0.15, 0.2) is 0 Å². The van der Waals surface area contributed by atoms with E-state index in [9.17, 15) is 4.39 Å². The van der Waals surface area contributed by atoms with Gasteiger partial charge in [0.2, 0.25) is 0 Å². The van der Waals surface area contributed by atoms with Crippen molar-refractivity contribution in [3.05, 3.63) is 34.1 Å². The summed E-state index contributed by atoms with van der Waals surface area (Å²) in [6.07, 6.45) is 0. The highest BCUT2D eigenvalue weighted by atomic mass is 79.9. The highest BCUT2D eigenvalue weighted by molar-refractivity contribution is 9.10. The first-order valence-corrected chi connectivity index (χ1v) is 5.50. The topological polar surface area (TPSA) is 27.0 Å². The third-order valence-corrected chi connectivity index (χ3v) is 2.92. The Kier molecular flexibility index (Phi) is 4.73. The van der Waals surface area contributed by atoms with Gasteiger partial charge in [-0.15, -0.1) is 0 Å². The SMILES string of the molecule is CCN(CC#N)Cc1cc(F)ccc1Br. The molecule has 80 valence electrons. The van der Waals surface area contributed by atoms with E-state index in [0.29, 0.717) is 13.1 Å². The second kappa shape index (κ2) is 5.84. The van der Waals surface area contributed by atoms with Crippen LogP contribution in [0.4, 0.5) is 4.39 Å². The van der Waals surface area contributed by atoms with Gasteiger partial charge in [-0.05, 0) is 30.3 Å². The van der Waals surface area contributed by atoms with E-state index in [-0.39, 0.29) is 5.82 Å². The Bertz CT molecular complexity index is 373. The van der Waals surface area contributed by atoms with Crippen LogP contribution in [-0.2, 0) is 6.54 Å². The summed E-state index contributed by atoms with van der Waals surface area (Å²) in [7, 11) is 0. The zero-order chi connectivity index (χ0) is 11.3. The Labute approximate surface area is 97.4 Å². The first-order chi connectivity index (χ1) is 7.17. The summed E-state index contributed by atoms with van der Waals surface area (Å²) in [5.41, 5.74) is 0.868. The second-order valence-corrected chi connectivity index (χ2v) is 4.05. The van der Waals surface area contributed by atoms with Crippen LogP contribution in [0.1, 0.15) is 12.5 Å². The predicted molar refractivity (Wildman–Crippen MR) is 60.7 cm³/mol. The second-order valence-electron chi connectivity index (χ2n) is 3.20. The quantitative estimate of drug-likeness (QED) is 0.787. The molecule has 0 saturated heterocycles. The van der Waals surface area contributed by atoms with Gasteiger partial charge in [-0.25, -0.2) is 4.39 Å². The lowest BCUT2D eigenvalue weighted by molar-refractivity contribution is 0.313. The van der Waals surface area contributed by atoms with Gasteiger partial charge in [0.05, 0.1) is 12.6 Å². The smallest absolute Gasteiger partial charge is 0.123 e. The average Bonchev–Trinajstić information content (AvgIpc) is 2.22. The number of hydrogen-bond donors (Lipinski definition) is 0. The van der Waals surface area contributed by atoms with Gasteiger partial charge in [0.1, 0.15) is 5.82 Å². The summed E-state index contributed by atoms with van der Waals surface area (Å²) in [5, 5.41) is 8.59. The molecule has 0 unspecified atom stereocenters. The summed E-state index contributed by atoms with van der Waals surface area (Å²) >= 11 is 3.36. The minimum atomic E-state index is -0.249. The molecule has 2 nitrogen and oxygen atoms in total. The summed E-state index contributed by atoms with van der Waals surface area (Å²) in [5.74, 6) is -0.249. The third kappa shape index (κ3) is 3.61. The fourth-order valence-electron chi connectivity index (χ4n) is 1.28. The highest BCUT2D eigenvalue weighted by Gasteiger charge is 2.07. The number of rotatable bonds is 4. The van der Waals surface area contributed by atoms with Crippen LogP contribution in [0.15, 0.2) is 22.7 Å². The highest BCUT2D eigenvalue weighted by Crippen LogP contribution is 2.19. The van der Waals surface area contributed by atoms with Gasteiger partial charge in [0.25, 0.3) is 0 Å². The van der Waals surface area contributed by atoms with E-state index in [2.05, 4.69) is 22.0 Å². The maximum absolute atomic E-state index is 13.0. The van der Waals surface area contributed by atoms with E-state index < -0.39 is 0 Å².